The van der Waals surface area contributed by atoms with Gasteiger partial charge in [0.05, 0.1) is 11.8 Å². The molecular weight excluding hydrogens is 648 g/mol. The number of benzene rings is 6. The first-order chi connectivity index (χ1) is 24.6. The maximum absolute atomic E-state index is 11.9. The average molecular weight is 679 g/mol. The van der Waals surface area contributed by atoms with E-state index in [-0.39, 0.29) is 40.2 Å². The average Bonchev–Trinajstić information content (AvgIpc) is 3.67. The second-order valence-corrected chi connectivity index (χ2v) is 13.1. The van der Waals surface area contributed by atoms with E-state index in [4.69, 9.17) is 9.47 Å². The molecule has 0 fully saturated rings. The molecule has 9 rings (SSSR count). The molecule has 1 aliphatic carbocycles. The molecule has 0 spiro atoms. The van der Waals surface area contributed by atoms with Crippen LogP contribution in [0.5, 0.6) is 51.7 Å². The van der Waals surface area contributed by atoms with Crippen molar-refractivity contribution in [2.24, 2.45) is 0 Å². The molecule has 0 saturated heterocycles. The van der Waals surface area contributed by atoms with E-state index in [1.165, 1.54) is 12.1 Å². The third-order valence-corrected chi connectivity index (χ3v) is 10.0. The van der Waals surface area contributed by atoms with Gasteiger partial charge >= 0.3 is 0 Å². The predicted octanol–water partition coefficient (Wildman–Crippen LogP) is 8.06. The van der Waals surface area contributed by atoms with E-state index in [0.29, 0.717) is 61.6 Å². The van der Waals surface area contributed by atoms with E-state index in [0.717, 1.165) is 5.56 Å². The Bertz CT molecular complexity index is 2400. The number of hydrogen-bond donors (Lipinski definition) is 7. The predicted molar refractivity (Wildman–Crippen MR) is 188 cm³/mol. The van der Waals surface area contributed by atoms with Crippen LogP contribution in [-0.2, 0) is 0 Å². The highest BCUT2D eigenvalue weighted by Gasteiger charge is 2.48. The molecule has 0 amide bonds. The van der Waals surface area contributed by atoms with Crippen LogP contribution in [-0.4, -0.2) is 35.7 Å². The van der Waals surface area contributed by atoms with Gasteiger partial charge in [0.1, 0.15) is 64.0 Å². The van der Waals surface area contributed by atoms with Gasteiger partial charge in [0, 0.05) is 34.9 Å². The van der Waals surface area contributed by atoms with E-state index in [1.807, 2.05) is 6.08 Å². The Hall–Kier alpha value is -6.74. The minimum atomic E-state index is -0.737. The largest absolute Gasteiger partial charge is 0.508 e. The summed E-state index contributed by atoms with van der Waals surface area (Å²) in [5.74, 6) is -0.833. The van der Waals surface area contributed by atoms with Gasteiger partial charge in [-0.25, -0.2) is 0 Å². The lowest BCUT2D eigenvalue weighted by molar-refractivity contribution is 0.219. The molecule has 51 heavy (non-hydrogen) atoms. The number of fused-ring (bicyclic) bond motifs is 3. The Morgan fingerprint density at radius 2 is 0.922 bits per heavy atom. The van der Waals surface area contributed by atoms with Crippen LogP contribution in [0.2, 0.25) is 0 Å². The fraction of sp³-hybridized carbons (Fsp3) is 0.0952. The van der Waals surface area contributed by atoms with E-state index in [1.54, 1.807) is 97.1 Å². The lowest BCUT2D eigenvalue weighted by Crippen LogP contribution is -2.16. The van der Waals surface area contributed by atoms with Crippen molar-refractivity contribution in [3.8, 4) is 51.7 Å². The molecule has 4 unspecified atom stereocenters. The van der Waals surface area contributed by atoms with Crippen molar-refractivity contribution >= 4 is 11.6 Å². The standard InChI is InChI=1S/C42H30O9/c43-23-7-1-20(2-8-23)13-29-30-14-27(47)18-34-37(30)40(42(50-34)22-5-11-25(45)12-6-22)32-16-28(48)19-35-38(32)39(31-15-26(46)17-33(49)36(29)31)41(51-35)21-3-9-24(44)10-4-21/h1-19,39-49H. The Morgan fingerprint density at radius 3 is 1.51 bits per heavy atom. The highest BCUT2D eigenvalue weighted by Crippen LogP contribution is 2.63. The van der Waals surface area contributed by atoms with Gasteiger partial charge in [0.2, 0.25) is 0 Å². The third kappa shape index (κ3) is 4.85. The monoisotopic (exact) mass is 678 g/mol. The van der Waals surface area contributed by atoms with Gasteiger partial charge in [-0.2, -0.15) is 0 Å². The van der Waals surface area contributed by atoms with Gasteiger partial charge in [0.15, 0.2) is 0 Å². The number of phenols is 7. The van der Waals surface area contributed by atoms with Crippen molar-refractivity contribution in [1.29, 1.82) is 0 Å². The van der Waals surface area contributed by atoms with Crippen LogP contribution < -0.4 is 9.47 Å². The molecule has 6 aromatic carbocycles. The Labute approximate surface area is 291 Å². The molecule has 2 aliphatic heterocycles. The molecule has 0 saturated carbocycles. The quantitative estimate of drug-likeness (QED) is 0.0982. The van der Waals surface area contributed by atoms with E-state index in [2.05, 4.69) is 0 Å². The van der Waals surface area contributed by atoms with Gasteiger partial charge in [-0.3, -0.25) is 0 Å². The fourth-order valence-electron chi connectivity index (χ4n) is 7.97. The zero-order valence-corrected chi connectivity index (χ0v) is 26.7. The van der Waals surface area contributed by atoms with E-state index >= 15 is 0 Å². The lowest BCUT2D eigenvalue weighted by atomic mass is 9.76. The second-order valence-electron chi connectivity index (χ2n) is 13.1. The molecule has 9 heteroatoms. The summed E-state index contributed by atoms with van der Waals surface area (Å²) in [5.41, 5.74) is 6.06. The minimum Gasteiger partial charge on any atom is -0.508 e. The number of ether oxygens (including phenoxy) is 2. The zero-order valence-electron chi connectivity index (χ0n) is 26.7. The zero-order chi connectivity index (χ0) is 35.1. The summed E-state index contributed by atoms with van der Waals surface area (Å²) >= 11 is 0. The summed E-state index contributed by atoms with van der Waals surface area (Å²) < 4.78 is 13.4. The van der Waals surface area contributed by atoms with Crippen LogP contribution in [0.1, 0.15) is 74.1 Å². The minimum absolute atomic E-state index is 0.0508. The SMILES string of the molecule is Oc1ccc(C=C2c3cc(O)cc4c3C(c3cc(O)cc5c3C(c3cc(O)cc(O)c32)C(c2ccc(O)cc2)O5)C(c2ccc(O)cc2)O4)cc1. The van der Waals surface area contributed by atoms with E-state index in [9.17, 15) is 35.7 Å². The van der Waals surface area contributed by atoms with E-state index < -0.39 is 24.0 Å². The maximum Gasteiger partial charge on any atom is 0.135 e. The van der Waals surface area contributed by atoms with Gasteiger partial charge < -0.3 is 45.2 Å². The number of rotatable bonds is 3. The molecule has 7 N–H and O–H groups in total. The molecule has 9 nitrogen and oxygen atoms in total. The number of phenolic OH excluding ortho intramolecular Hbond substituents is 7. The maximum atomic E-state index is 11.9. The summed E-state index contributed by atoms with van der Waals surface area (Å²) in [4.78, 5) is 0. The molecule has 2 heterocycles. The molecule has 0 radical (unpaired) electrons. The van der Waals surface area contributed by atoms with Crippen LogP contribution in [0.4, 0.5) is 0 Å². The Morgan fingerprint density at radius 1 is 0.451 bits per heavy atom. The first-order valence-electron chi connectivity index (χ1n) is 16.3. The molecule has 252 valence electrons. The smallest absolute Gasteiger partial charge is 0.135 e. The van der Waals surface area contributed by atoms with Crippen LogP contribution in [0.15, 0.2) is 109 Å². The first kappa shape index (κ1) is 30.3. The van der Waals surface area contributed by atoms with Crippen molar-refractivity contribution in [2.75, 3.05) is 0 Å². The summed E-state index contributed by atoms with van der Waals surface area (Å²) in [6, 6.07) is 29.1. The van der Waals surface area contributed by atoms with Gasteiger partial charge in [-0.1, -0.05) is 36.4 Å². The van der Waals surface area contributed by atoms with Crippen LogP contribution in [0.3, 0.4) is 0 Å². The normalized spacial score (nSPS) is 20.3. The topological polar surface area (TPSA) is 160 Å². The summed E-state index contributed by atoms with van der Waals surface area (Å²) in [6.45, 7) is 0. The highest BCUT2D eigenvalue weighted by molar-refractivity contribution is 5.98. The first-order valence-corrected chi connectivity index (χ1v) is 16.3. The molecule has 6 aromatic rings. The lowest BCUT2D eigenvalue weighted by Gasteiger charge is -2.26. The van der Waals surface area contributed by atoms with Crippen molar-refractivity contribution in [3.63, 3.8) is 0 Å². The number of hydrogen-bond acceptors (Lipinski definition) is 9. The van der Waals surface area contributed by atoms with Crippen molar-refractivity contribution < 1.29 is 45.2 Å². The Balaban J connectivity index is 1.44. The molecule has 0 aromatic heterocycles. The van der Waals surface area contributed by atoms with Crippen LogP contribution >= 0.6 is 0 Å². The molecule has 3 aliphatic rings. The summed E-state index contributed by atoms with van der Waals surface area (Å²) in [7, 11) is 0. The summed E-state index contributed by atoms with van der Waals surface area (Å²) in [6.07, 6.45) is 0.410. The van der Waals surface area contributed by atoms with Gasteiger partial charge in [-0.05, 0) is 99.6 Å². The summed E-state index contributed by atoms with van der Waals surface area (Å²) in [5, 5.41) is 75.9. The van der Waals surface area contributed by atoms with Crippen molar-refractivity contribution in [2.45, 2.75) is 24.0 Å². The second kappa shape index (κ2) is 11.1. The molecule has 0 bridgehead atoms. The highest BCUT2D eigenvalue weighted by atomic mass is 16.5. The molecule has 4 atom stereocenters. The molecular formula is C42H30O9. The van der Waals surface area contributed by atoms with Gasteiger partial charge in [0.25, 0.3) is 0 Å². The van der Waals surface area contributed by atoms with Crippen molar-refractivity contribution in [3.05, 3.63) is 159 Å². The fourth-order valence-corrected chi connectivity index (χ4v) is 7.97. The van der Waals surface area contributed by atoms with Crippen molar-refractivity contribution in [1.82, 2.24) is 0 Å². The van der Waals surface area contributed by atoms with Crippen LogP contribution in [0.25, 0.3) is 11.6 Å². The Kier molecular flexibility index (Phi) is 6.63. The van der Waals surface area contributed by atoms with Gasteiger partial charge in [-0.15, -0.1) is 0 Å². The third-order valence-electron chi connectivity index (χ3n) is 10.0. The van der Waals surface area contributed by atoms with Crippen LogP contribution in [0, 0.1) is 0 Å². The number of aromatic hydroxyl groups is 7.